The van der Waals surface area contributed by atoms with Gasteiger partial charge in [-0.15, -0.1) is 11.3 Å². The number of nitrogens with one attached hydrogen (secondary N) is 1. The monoisotopic (exact) mass is 364 g/mol. The molecule has 1 aromatic rings. The second-order valence-electron chi connectivity index (χ2n) is 6.50. The third-order valence-electron chi connectivity index (χ3n) is 4.64. The minimum atomic E-state index is -0.456. The van der Waals surface area contributed by atoms with Gasteiger partial charge in [0.15, 0.2) is 5.78 Å². The summed E-state index contributed by atoms with van der Waals surface area (Å²) < 4.78 is 5.15. The van der Waals surface area contributed by atoms with Crippen LogP contribution in [0.4, 0.5) is 5.00 Å². The molecule has 1 aliphatic carbocycles. The number of carbonyl (C=O) groups is 3. The number of likely N-dealkylation sites (tertiary alicyclic amines) is 1. The zero-order chi connectivity index (χ0) is 17.8. The Hall–Kier alpha value is -1.73. The number of hydrogen-bond acceptors (Lipinski definition) is 6. The van der Waals surface area contributed by atoms with Crippen LogP contribution in [0.1, 0.15) is 64.6 Å². The Balaban J connectivity index is 1.80. The Bertz CT molecular complexity index is 677. The van der Waals surface area contributed by atoms with E-state index in [2.05, 4.69) is 10.2 Å². The van der Waals surface area contributed by atoms with Crippen LogP contribution in [0.3, 0.4) is 0 Å². The lowest BCUT2D eigenvalue weighted by Crippen LogP contribution is -2.36. The molecule has 1 aliphatic heterocycles. The quantitative estimate of drug-likeness (QED) is 0.813. The fraction of sp³-hybridized carbons (Fsp3) is 0.611. The fourth-order valence-electron chi connectivity index (χ4n) is 3.46. The molecule has 0 saturated carbocycles. The number of esters is 1. The van der Waals surface area contributed by atoms with Gasteiger partial charge in [0.1, 0.15) is 5.00 Å². The largest absolute Gasteiger partial charge is 0.462 e. The highest BCUT2D eigenvalue weighted by Crippen LogP contribution is 2.38. The highest BCUT2D eigenvalue weighted by atomic mass is 32.1. The average Bonchev–Trinajstić information content (AvgIpc) is 2.95. The summed E-state index contributed by atoms with van der Waals surface area (Å²) in [5.41, 5.74) is 1.12. The molecule has 0 unspecified atom stereocenters. The predicted molar refractivity (Wildman–Crippen MR) is 96.5 cm³/mol. The van der Waals surface area contributed by atoms with E-state index >= 15 is 0 Å². The van der Waals surface area contributed by atoms with E-state index in [1.807, 2.05) is 0 Å². The SMILES string of the molecule is CCOC(=O)c1c(NC(=O)CN2CCCCC2)sc2c1CCCC2=O. The fourth-order valence-corrected chi connectivity index (χ4v) is 4.68. The van der Waals surface area contributed by atoms with E-state index < -0.39 is 5.97 Å². The normalized spacial score (nSPS) is 17.9. The maximum atomic E-state index is 12.4. The molecular weight excluding hydrogens is 340 g/mol. The van der Waals surface area contributed by atoms with Crippen molar-refractivity contribution in [2.45, 2.75) is 45.4 Å². The molecule has 0 radical (unpaired) electrons. The molecular formula is C18H24N2O4S. The van der Waals surface area contributed by atoms with Gasteiger partial charge in [0.25, 0.3) is 0 Å². The summed E-state index contributed by atoms with van der Waals surface area (Å²) in [7, 11) is 0. The third-order valence-corrected chi connectivity index (χ3v) is 5.83. The Morgan fingerprint density at radius 3 is 2.64 bits per heavy atom. The summed E-state index contributed by atoms with van der Waals surface area (Å²) in [6.07, 6.45) is 5.35. The van der Waals surface area contributed by atoms with Crippen LogP contribution in [0.2, 0.25) is 0 Å². The van der Waals surface area contributed by atoms with Gasteiger partial charge in [-0.05, 0) is 51.3 Å². The number of thiophene rings is 1. The van der Waals surface area contributed by atoms with Crippen molar-refractivity contribution in [3.05, 3.63) is 16.0 Å². The van der Waals surface area contributed by atoms with Crippen LogP contribution in [-0.4, -0.2) is 48.8 Å². The predicted octanol–water partition coefficient (Wildman–Crippen LogP) is 2.87. The van der Waals surface area contributed by atoms with Crippen LogP contribution in [0, 0.1) is 0 Å². The molecule has 1 aromatic heterocycles. The maximum absolute atomic E-state index is 12.4. The summed E-state index contributed by atoms with van der Waals surface area (Å²) in [5, 5.41) is 3.32. The third kappa shape index (κ3) is 4.10. The first-order chi connectivity index (χ1) is 12.1. The van der Waals surface area contributed by atoms with Gasteiger partial charge in [-0.2, -0.15) is 0 Å². The number of ketones is 1. The van der Waals surface area contributed by atoms with E-state index in [0.717, 1.165) is 37.9 Å². The number of rotatable bonds is 5. The van der Waals surface area contributed by atoms with E-state index in [9.17, 15) is 14.4 Å². The Labute approximate surface area is 151 Å². The van der Waals surface area contributed by atoms with Gasteiger partial charge in [0, 0.05) is 6.42 Å². The Morgan fingerprint density at radius 1 is 1.16 bits per heavy atom. The number of amides is 1. The van der Waals surface area contributed by atoms with Gasteiger partial charge in [-0.25, -0.2) is 4.79 Å². The van der Waals surface area contributed by atoms with Crippen LogP contribution in [0.15, 0.2) is 0 Å². The molecule has 2 heterocycles. The van der Waals surface area contributed by atoms with Gasteiger partial charge in [0.2, 0.25) is 5.91 Å². The highest BCUT2D eigenvalue weighted by Gasteiger charge is 2.31. The topological polar surface area (TPSA) is 75.7 Å². The van der Waals surface area contributed by atoms with Crippen LogP contribution < -0.4 is 5.32 Å². The van der Waals surface area contributed by atoms with Crippen molar-refractivity contribution >= 4 is 34.0 Å². The number of piperidine rings is 1. The molecule has 0 atom stereocenters. The Kier molecular flexibility index (Phi) is 5.86. The molecule has 7 heteroatoms. The number of Topliss-reactive ketones (excluding diaryl/α,β-unsaturated/α-hetero) is 1. The van der Waals surface area contributed by atoms with Gasteiger partial charge in [-0.1, -0.05) is 6.42 Å². The summed E-state index contributed by atoms with van der Waals surface area (Å²) in [4.78, 5) is 39.7. The van der Waals surface area contributed by atoms with Crippen LogP contribution in [0.5, 0.6) is 0 Å². The number of carbonyl (C=O) groups excluding carboxylic acids is 3. The molecule has 0 bridgehead atoms. The second-order valence-corrected chi connectivity index (χ2v) is 7.52. The molecule has 0 spiro atoms. The molecule has 1 fully saturated rings. The van der Waals surface area contributed by atoms with Gasteiger partial charge in [0.05, 0.1) is 23.6 Å². The van der Waals surface area contributed by atoms with Crippen molar-refractivity contribution in [1.29, 1.82) is 0 Å². The standard InChI is InChI=1S/C18H24N2O4S/c1-2-24-18(23)15-12-7-6-8-13(21)16(12)25-17(15)19-14(22)11-20-9-4-3-5-10-20/h2-11H2,1H3,(H,19,22). The molecule has 3 rings (SSSR count). The van der Waals surface area contributed by atoms with Crippen molar-refractivity contribution in [3.63, 3.8) is 0 Å². The van der Waals surface area contributed by atoms with Crippen LogP contribution in [-0.2, 0) is 16.0 Å². The van der Waals surface area contributed by atoms with Crippen molar-refractivity contribution in [2.24, 2.45) is 0 Å². The number of nitrogens with zero attached hydrogens (tertiary/aromatic N) is 1. The van der Waals surface area contributed by atoms with Gasteiger partial charge < -0.3 is 10.1 Å². The van der Waals surface area contributed by atoms with E-state index in [4.69, 9.17) is 4.74 Å². The summed E-state index contributed by atoms with van der Waals surface area (Å²) in [6.45, 7) is 4.18. The van der Waals surface area contributed by atoms with E-state index in [1.54, 1.807) is 6.92 Å². The first kappa shape index (κ1) is 18.1. The van der Waals surface area contributed by atoms with Gasteiger partial charge in [-0.3, -0.25) is 14.5 Å². The molecule has 1 N–H and O–H groups in total. The first-order valence-electron chi connectivity index (χ1n) is 8.98. The first-order valence-corrected chi connectivity index (χ1v) is 9.80. The number of anilines is 1. The van der Waals surface area contributed by atoms with Crippen molar-refractivity contribution in [2.75, 3.05) is 31.6 Å². The van der Waals surface area contributed by atoms with Crippen molar-refractivity contribution < 1.29 is 19.1 Å². The molecule has 1 amide bonds. The van der Waals surface area contributed by atoms with E-state index in [0.29, 0.717) is 34.8 Å². The summed E-state index contributed by atoms with van der Waals surface area (Å²) in [6, 6.07) is 0. The van der Waals surface area contributed by atoms with E-state index in [1.165, 1.54) is 17.8 Å². The minimum Gasteiger partial charge on any atom is -0.462 e. The summed E-state index contributed by atoms with van der Waals surface area (Å²) >= 11 is 1.21. The van der Waals surface area contributed by atoms with Crippen molar-refractivity contribution in [3.8, 4) is 0 Å². The molecule has 1 saturated heterocycles. The highest BCUT2D eigenvalue weighted by molar-refractivity contribution is 7.18. The lowest BCUT2D eigenvalue weighted by molar-refractivity contribution is -0.117. The lowest BCUT2D eigenvalue weighted by atomic mass is 9.94. The Morgan fingerprint density at radius 2 is 1.92 bits per heavy atom. The van der Waals surface area contributed by atoms with Crippen LogP contribution in [0.25, 0.3) is 0 Å². The second kappa shape index (κ2) is 8.10. The molecule has 2 aliphatic rings. The average molecular weight is 364 g/mol. The molecule has 25 heavy (non-hydrogen) atoms. The zero-order valence-corrected chi connectivity index (χ0v) is 15.4. The smallest absolute Gasteiger partial charge is 0.341 e. The number of fused-ring (bicyclic) bond motifs is 1. The lowest BCUT2D eigenvalue weighted by Gasteiger charge is -2.25. The number of hydrogen-bond donors (Lipinski definition) is 1. The van der Waals surface area contributed by atoms with E-state index in [-0.39, 0.29) is 18.3 Å². The zero-order valence-electron chi connectivity index (χ0n) is 14.6. The van der Waals surface area contributed by atoms with Crippen LogP contribution >= 0.6 is 11.3 Å². The number of ether oxygens (including phenoxy) is 1. The summed E-state index contributed by atoms with van der Waals surface area (Å²) in [5.74, 6) is -0.546. The molecule has 136 valence electrons. The van der Waals surface area contributed by atoms with Gasteiger partial charge >= 0.3 is 5.97 Å². The molecule has 6 nitrogen and oxygen atoms in total. The van der Waals surface area contributed by atoms with Crippen molar-refractivity contribution in [1.82, 2.24) is 4.90 Å². The minimum absolute atomic E-state index is 0.0494. The maximum Gasteiger partial charge on any atom is 0.341 e. The molecule has 0 aromatic carbocycles.